The highest BCUT2D eigenvalue weighted by molar-refractivity contribution is 8.06. The van der Waals surface area contributed by atoms with Crippen LogP contribution in [-0.2, 0) is 0 Å². The van der Waals surface area contributed by atoms with Gasteiger partial charge in [-0.1, -0.05) is 30.3 Å². The predicted molar refractivity (Wildman–Crippen MR) is 48.7 cm³/mol. The molecule has 1 aromatic carbocycles. The average molecular weight is 161 g/mol. The average Bonchev–Trinajstić information content (AvgIpc) is 2.07. The maximum absolute atomic E-state index is 8.21. The van der Waals surface area contributed by atoms with E-state index in [4.69, 9.17) is 5.26 Å². The van der Waals surface area contributed by atoms with E-state index in [2.05, 4.69) is 0 Å². The molecule has 0 amide bonds. The van der Waals surface area contributed by atoms with Gasteiger partial charge < -0.3 is 0 Å². The second kappa shape index (κ2) is 4.59. The number of thiocyanates is 1. The Balaban J connectivity index is 2.59. The summed E-state index contributed by atoms with van der Waals surface area (Å²) in [4.78, 5) is 0. The number of rotatable bonds is 2. The van der Waals surface area contributed by atoms with Gasteiger partial charge in [-0.05, 0) is 28.8 Å². The molecule has 0 atom stereocenters. The molecular weight excluding hydrogens is 154 g/mol. The molecule has 0 bridgehead atoms. The largest absolute Gasteiger partial charge is 0.185 e. The molecule has 0 spiro atoms. The molecule has 1 aromatic rings. The Morgan fingerprint density at radius 2 is 2.00 bits per heavy atom. The van der Waals surface area contributed by atoms with Crippen LogP contribution in [0, 0.1) is 10.7 Å². The van der Waals surface area contributed by atoms with Gasteiger partial charge in [-0.25, -0.2) is 0 Å². The molecule has 0 aliphatic heterocycles. The summed E-state index contributed by atoms with van der Waals surface area (Å²) >= 11 is 1.13. The summed E-state index contributed by atoms with van der Waals surface area (Å²) in [6, 6.07) is 9.89. The third kappa shape index (κ3) is 2.92. The maximum Gasteiger partial charge on any atom is 0.137 e. The minimum absolute atomic E-state index is 1.12. The van der Waals surface area contributed by atoms with Crippen molar-refractivity contribution >= 4 is 17.8 Å². The Labute approximate surface area is 70.4 Å². The van der Waals surface area contributed by atoms with E-state index in [9.17, 15) is 0 Å². The first-order valence-electron chi connectivity index (χ1n) is 3.20. The molecule has 0 saturated heterocycles. The van der Waals surface area contributed by atoms with E-state index in [-0.39, 0.29) is 0 Å². The SMILES string of the molecule is N#CS/C=C/c1ccccc1. The third-order valence-corrected chi connectivity index (χ3v) is 1.56. The molecule has 1 rings (SSSR count). The number of nitriles is 1. The number of benzene rings is 1. The summed E-state index contributed by atoms with van der Waals surface area (Å²) in [5.41, 5.74) is 1.12. The van der Waals surface area contributed by atoms with Gasteiger partial charge in [-0.3, -0.25) is 0 Å². The number of thioether (sulfide) groups is 1. The van der Waals surface area contributed by atoms with Gasteiger partial charge in [0.2, 0.25) is 0 Å². The highest BCUT2D eigenvalue weighted by Crippen LogP contribution is 2.05. The van der Waals surface area contributed by atoms with Crippen molar-refractivity contribution in [3.63, 3.8) is 0 Å². The molecule has 0 aromatic heterocycles. The molecule has 0 aliphatic rings. The fourth-order valence-electron chi connectivity index (χ4n) is 0.707. The van der Waals surface area contributed by atoms with Gasteiger partial charge in [0.05, 0.1) is 0 Å². The fraction of sp³-hybridized carbons (Fsp3) is 0. The van der Waals surface area contributed by atoms with Crippen molar-refractivity contribution in [3.8, 4) is 5.40 Å². The van der Waals surface area contributed by atoms with E-state index in [0.29, 0.717) is 0 Å². The summed E-state index contributed by atoms with van der Waals surface area (Å²) in [7, 11) is 0. The number of hydrogen-bond donors (Lipinski definition) is 0. The minimum Gasteiger partial charge on any atom is -0.185 e. The lowest BCUT2D eigenvalue weighted by atomic mass is 10.2. The smallest absolute Gasteiger partial charge is 0.137 e. The molecule has 0 fully saturated rings. The molecule has 11 heavy (non-hydrogen) atoms. The molecule has 54 valence electrons. The third-order valence-electron chi connectivity index (χ3n) is 1.18. The first-order valence-corrected chi connectivity index (χ1v) is 4.08. The first-order chi connectivity index (χ1) is 5.43. The van der Waals surface area contributed by atoms with E-state index in [0.717, 1.165) is 17.3 Å². The number of hydrogen-bond acceptors (Lipinski definition) is 2. The van der Waals surface area contributed by atoms with Crippen molar-refractivity contribution in [2.45, 2.75) is 0 Å². The summed E-state index contributed by atoms with van der Waals surface area (Å²) in [6.07, 6.45) is 1.91. The van der Waals surface area contributed by atoms with Gasteiger partial charge in [0.25, 0.3) is 0 Å². The topological polar surface area (TPSA) is 23.8 Å². The highest BCUT2D eigenvalue weighted by atomic mass is 32.2. The van der Waals surface area contributed by atoms with Crippen LogP contribution >= 0.6 is 11.8 Å². The monoisotopic (exact) mass is 161 g/mol. The summed E-state index contributed by atoms with van der Waals surface area (Å²) in [5, 5.41) is 11.9. The van der Waals surface area contributed by atoms with E-state index >= 15 is 0 Å². The zero-order valence-corrected chi connectivity index (χ0v) is 6.71. The van der Waals surface area contributed by atoms with Crippen LogP contribution in [0.4, 0.5) is 0 Å². The highest BCUT2D eigenvalue weighted by Gasteiger charge is 1.80. The van der Waals surface area contributed by atoms with Crippen molar-refractivity contribution in [3.05, 3.63) is 41.3 Å². The van der Waals surface area contributed by atoms with Crippen molar-refractivity contribution < 1.29 is 0 Å². The molecule has 1 nitrogen and oxygen atoms in total. The van der Waals surface area contributed by atoms with Gasteiger partial charge in [0.1, 0.15) is 5.40 Å². The molecule has 0 unspecified atom stereocenters. The van der Waals surface area contributed by atoms with Gasteiger partial charge in [-0.2, -0.15) is 5.26 Å². The molecule has 0 N–H and O–H groups in total. The Morgan fingerprint density at radius 1 is 1.27 bits per heavy atom. The zero-order chi connectivity index (χ0) is 7.94. The van der Waals surface area contributed by atoms with Crippen LogP contribution in [-0.4, -0.2) is 0 Å². The Bertz CT molecular complexity index is 271. The minimum atomic E-state index is 1.12. The summed E-state index contributed by atoms with van der Waals surface area (Å²) in [6.45, 7) is 0. The van der Waals surface area contributed by atoms with Crippen molar-refractivity contribution in [1.29, 1.82) is 5.26 Å². The Hall–Kier alpha value is -1.20. The summed E-state index contributed by atoms with van der Waals surface area (Å²) < 4.78 is 0. The van der Waals surface area contributed by atoms with Gasteiger partial charge >= 0.3 is 0 Å². The molecule has 2 heteroatoms. The second-order valence-electron chi connectivity index (χ2n) is 1.92. The molecular formula is C9H7NS. The fourth-order valence-corrected chi connectivity index (χ4v) is 0.993. The van der Waals surface area contributed by atoms with E-state index in [1.807, 2.05) is 41.8 Å². The molecule has 0 aliphatic carbocycles. The van der Waals surface area contributed by atoms with Gasteiger partial charge in [0.15, 0.2) is 0 Å². The lowest BCUT2D eigenvalue weighted by molar-refractivity contribution is 1.57. The molecule has 0 heterocycles. The van der Waals surface area contributed by atoms with Crippen LogP contribution in [0.15, 0.2) is 35.7 Å². The molecule has 0 saturated carbocycles. The quantitative estimate of drug-likeness (QED) is 0.623. The van der Waals surface area contributed by atoms with Crippen LogP contribution in [0.3, 0.4) is 0 Å². The number of nitrogens with zero attached hydrogens (tertiary/aromatic N) is 1. The predicted octanol–water partition coefficient (Wildman–Crippen LogP) is 2.87. The van der Waals surface area contributed by atoms with Crippen LogP contribution < -0.4 is 0 Å². The standard InChI is InChI=1S/C9H7NS/c10-8-11-7-6-9-4-2-1-3-5-9/h1-7H/b7-6+. The van der Waals surface area contributed by atoms with Crippen molar-refractivity contribution in [2.75, 3.05) is 0 Å². The molecule has 0 radical (unpaired) electrons. The first kappa shape index (κ1) is 7.90. The van der Waals surface area contributed by atoms with Crippen LogP contribution in [0.5, 0.6) is 0 Å². The van der Waals surface area contributed by atoms with Crippen LogP contribution in [0.2, 0.25) is 0 Å². The normalized spacial score (nSPS) is 9.73. The van der Waals surface area contributed by atoms with E-state index in [1.165, 1.54) is 0 Å². The Kier molecular flexibility index (Phi) is 3.30. The Morgan fingerprint density at radius 3 is 2.64 bits per heavy atom. The summed E-state index contributed by atoms with van der Waals surface area (Å²) in [5.74, 6) is 0. The second-order valence-corrected chi connectivity index (χ2v) is 2.61. The maximum atomic E-state index is 8.21. The van der Waals surface area contributed by atoms with Crippen LogP contribution in [0.25, 0.3) is 6.08 Å². The van der Waals surface area contributed by atoms with Gasteiger partial charge in [0, 0.05) is 0 Å². The van der Waals surface area contributed by atoms with E-state index in [1.54, 1.807) is 5.41 Å². The van der Waals surface area contributed by atoms with E-state index < -0.39 is 0 Å². The van der Waals surface area contributed by atoms with Crippen LogP contribution in [0.1, 0.15) is 5.56 Å². The van der Waals surface area contributed by atoms with Crippen molar-refractivity contribution in [2.24, 2.45) is 0 Å². The zero-order valence-electron chi connectivity index (χ0n) is 5.90. The lowest BCUT2D eigenvalue weighted by Crippen LogP contribution is -1.65. The van der Waals surface area contributed by atoms with Crippen molar-refractivity contribution in [1.82, 2.24) is 0 Å². The lowest BCUT2D eigenvalue weighted by Gasteiger charge is -1.87. The van der Waals surface area contributed by atoms with Gasteiger partial charge in [-0.15, -0.1) is 0 Å².